The van der Waals surface area contributed by atoms with Crippen LogP contribution >= 0.6 is 0 Å². The number of aryl methyl sites for hydroxylation is 1. The third-order valence-corrected chi connectivity index (χ3v) is 3.70. The highest BCUT2D eigenvalue weighted by atomic mass is 127. The van der Waals surface area contributed by atoms with Crippen LogP contribution in [-0.2, 0) is 16.6 Å². The van der Waals surface area contributed by atoms with E-state index in [0.717, 1.165) is 0 Å². The van der Waals surface area contributed by atoms with Crippen LogP contribution in [0.3, 0.4) is 0 Å². The standard InChI is InChI=1S/C20H24N2O5.HI/c1-20(2,21-19(24)15-9-11-22(3)12-10-15)14-27-18(23)13-26-17-7-5-16(25-4)6-8-17;/h5-12H,13-14H2,1-4H3;1H. The summed E-state index contributed by atoms with van der Waals surface area (Å²) in [6.45, 7) is 3.38. The van der Waals surface area contributed by atoms with E-state index in [-0.39, 0.29) is 43.1 Å². The maximum absolute atomic E-state index is 12.3. The monoisotopic (exact) mass is 500 g/mol. The van der Waals surface area contributed by atoms with Crippen molar-refractivity contribution in [2.24, 2.45) is 7.05 Å². The quantitative estimate of drug-likeness (QED) is 0.276. The van der Waals surface area contributed by atoms with Crippen LogP contribution in [0.15, 0.2) is 48.8 Å². The normalized spacial score (nSPS) is 10.4. The molecule has 0 saturated heterocycles. The zero-order valence-electron chi connectivity index (χ0n) is 16.4. The Kier molecular flexibility index (Phi) is 9.17. The van der Waals surface area contributed by atoms with Gasteiger partial charge in [0, 0.05) is 12.1 Å². The number of ether oxygens (including phenoxy) is 3. The van der Waals surface area contributed by atoms with Crippen molar-refractivity contribution in [3.8, 4) is 11.5 Å². The Morgan fingerprint density at radius 2 is 1.61 bits per heavy atom. The first-order chi connectivity index (χ1) is 12.8. The van der Waals surface area contributed by atoms with Crippen LogP contribution < -0.4 is 43.3 Å². The van der Waals surface area contributed by atoms with Gasteiger partial charge in [0.25, 0.3) is 5.91 Å². The van der Waals surface area contributed by atoms with E-state index in [4.69, 9.17) is 14.2 Å². The third kappa shape index (κ3) is 7.71. The molecule has 0 unspecified atom stereocenters. The average Bonchev–Trinajstić information content (AvgIpc) is 2.65. The Balaban J connectivity index is 0.00000392. The Morgan fingerprint density at radius 1 is 1.04 bits per heavy atom. The fraction of sp³-hybridized carbons (Fsp3) is 0.350. The molecule has 1 heterocycles. The summed E-state index contributed by atoms with van der Waals surface area (Å²) in [5.41, 5.74) is -0.180. The number of nitrogens with zero attached hydrogens (tertiary/aromatic N) is 1. The molecule has 0 radical (unpaired) electrons. The van der Waals surface area contributed by atoms with E-state index < -0.39 is 11.5 Å². The van der Waals surface area contributed by atoms with Crippen molar-refractivity contribution in [1.82, 2.24) is 5.32 Å². The first kappa shape index (κ1) is 23.7. The summed E-state index contributed by atoms with van der Waals surface area (Å²) >= 11 is 0. The molecule has 7 nitrogen and oxygen atoms in total. The number of benzene rings is 1. The van der Waals surface area contributed by atoms with Gasteiger partial charge in [-0.05, 0) is 38.1 Å². The minimum absolute atomic E-state index is 0. The minimum Gasteiger partial charge on any atom is -1.00 e. The highest BCUT2D eigenvalue weighted by Crippen LogP contribution is 2.17. The zero-order chi connectivity index (χ0) is 19.9. The summed E-state index contributed by atoms with van der Waals surface area (Å²) in [4.78, 5) is 24.2. The van der Waals surface area contributed by atoms with E-state index in [1.165, 1.54) is 0 Å². The van der Waals surface area contributed by atoms with Crippen LogP contribution in [0.2, 0.25) is 0 Å². The van der Waals surface area contributed by atoms with Crippen LogP contribution in [0.5, 0.6) is 11.5 Å². The minimum atomic E-state index is -0.717. The summed E-state index contributed by atoms with van der Waals surface area (Å²) in [7, 11) is 3.45. The van der Waals surface area contributed by atoms with Crippen LogP contribution in [0.4, 0.5) is 0 Å². The maximum Gasteiger partial charge on any atom is 0.344 e. The van der Waals surface area contributed by atoms with Gasteiger partial charge in [0.05, 0.1) is 18.2 Å². The highest BCUT2D eigenvalue weighted by molar-refractivity contribution is 5.94. The first-order valence-corrected chi connectivity index (χ1v) is 8.49. The van der Waals surface area contributed by atoms with Crippen molar-refractivity contribution >= 4 is 11.9 Å². The fourth-order valence-corrected chi connectivity index (χ4v) is 2.18. The maximum atomic E-state index is 12.3. The Bertz CT molecular complexity index is 776. The van der Waals surface area contributed by atoms with Crippen molar-refractivity contribution in [3.05, 3.63) is 54.4 Å². The number of methoxy groups -OCH3 is 1. The average molecular weight is 500 g/mol. The molecule has 0 fully saturated rings. The fourth-order valence-electron chi connectivity index (χ4n) is 2.18. The van der Waals surface area contributed by atoms with Gasteiger partial charge in [-0.25, -0.2) is 9.36 Å². The molecule has 8 heteroatoms. The van der Waals surface area contributed by atoms with Crippen molar-refractivity contribution in [2.75, 3.05) is 20.3 Å². The van der Waals surface area contributed by atoms with Gasteiger partial charge in [-0.2, -0.15) is 0 Å². The molecule has 0 aliphatic carbocycles. The molecular weight excluding hydrogens is 475 g/mol. The lowest BCUT2D eigenvalue weighted by atomic mass is 10.1. The predicted octanol–water partition coefficient (Wildman–Crippen LogP) is -1.35. The number of nitrogens with one attached hydrogen (secondary N) is 1. The number of pyridine rings is 1. The molecule has 1 N–H and O–H groups in total. The van der Waals surface area contributed by atoms with Gasteiger partial charge in [0.2, 0.25) is 0 Å². The van der Waals surface area contributed by atoms with Gasteiger partial charge < -0.3 is 43.5 Å². The number of carbonyl (C=O) groups is 2. The van der Waals surface area contributed by atoms with Crippen LogP contribution in [-0.4, -0.2) is 37.7 Å². The van der Waals surface area contributed by atoms with Gasteiger partial charge >= 0.3 is 5.97 Å². The zero-order valence-corrected chi connectivity index (χ0v) is 18.6. The number of hydrogen-bond acceptors (Lipinski definition) is 5. The smallest absolute Gasteiger partial charge is 0.344 e. The van der Waals surface area contributed by atoms with Gasteiger partial charge in [-0.15, -0.1) is 0 Å². The molecule has 0 saturated carbocycles. The Morgan fingerprint density at radius 3 is 2.18 bits per heavy atom. The molecule has 152 valence electrons. The van der Waals surface area contributed by atoms with Crippen molar-refractivity contribution < 1.29 is 52.3 Å². The highest BCUT2D eigenvalue weighted by Gasteiger charge is 2.23. The summed E-state index contributed by atoms with van der Waals surface area (Å²) in [5.74, 6) is 0.498. The third-order valence-electron chi connectivity index (χ3n) is 3.70. The number of amides is 1. The lowest BCUT2D eigenvalue weighted by Gasteiger charge is -2.25. The number of halogens is 1. The van der Waals surface area contributed by atoms with E-state index >= 15 is 0 Å². The molecular formula is C20H25IN2O5. The number of aromatic nitrogens is 1. The number of rotatable bonds is 8. The first-order valence-electron chi connectivity index (χ1n) is 8.49. The second-order valence-corrected chi connectivity index (χ2v) is 6.72. The van der Waals surface area contributed by atoms with E-state index in [2.05, 4.69) is 5.32 Å². The molecule has 2 rings (SSSR count). The summed E-state index contributed by atoms with van der Waals surface area (Å²) in [6.07, 6.45) is 3.58. The molecule has 28 heavy (non-hydrogen) atoms. The van der Waals surface area contributed by atoms with Crippen molar-refractivity contribution in [2.45, 2.75) is 19.4 Å². The number of hydrogen-bond donors (Lipinski definition) is 1. The summed E-state index contributed by atoms with van der Waals surface area (Å²) < 4.78 is 17.5. The second kappa shape index (κ2) is 10.8. The van der Waals surface area contributed by atoms with Crippen LogP contribution in [0.1, 0.15) is 24.2 Å². The summed E-state index contributed by atoms with van der Waals surface area (Å²) in [6, 6.07) is 10.3. The molecule has 1 aromatic heterocycles. The molecule has 0 spiro atoms. The van der Waals surface area contributed by atoms with Gasteiger partial charge in [0.1, 0.15) is 25.2 Å². The summed E-state index contributed by atoms with van der Waals surface area (Å²) in [5, 5.41) is 2.85. The lowest BCUT2D eigenvalue weighted by Crippen LogP contribution is -3.00. The molecule has 0 aliphatic heterocycles. The van der Waals surface area contributed by atoms with E-state index in [1.807, 2.05) is 11.6 Å². The van der Waals surface area contributed by atoms with Gasteiger partial charge in [-0.1, -0.05) is 0 Å². The van der Waals surface area contributed by atoms with E-state index in [0.29, 0.717) is 17.1 Å². The molecule has 0 bridgehead atoms. The van der Waals surface area contributed by atoms with Crippen molar-refractivity contribution in [3.63, 3.8) is 0 Å². The van der Waals surface area contributed by atoms with Gasteiger partial charge in [0.15, 0.2) is 19.0 Å². The number of carbonyl (C=O) groups excluding carboxylic acids is 2. The molecule has 2 aromatic rings. The topological polar surface area (TPSA) is 77.7 Å². The van der Waals surface area contributed by atoms with E-state index in [9.17, 15) is 9.59 Å². The van der Waals surface area contributed by atoms with Crippen LogP contribution in [0.25, 0.3) is 0 Å². The van der Waals surface area contributed by atoms with E-state index in [1.54, 1.807) is 69.7 Å². The Labute approximate surface area is 182 Å². The lowest BCUT2D eigenvalue weighted by molar-refractivity contribution is -0.671. The van der Waals surface area contributed by atoms with Crippen LogP contribution in [0, 0.1) is 0 Å². The van der Waals surface area contributed by atoms with Crippen molar-refractivity contribution in [1.29, 1.82) is 0 Å². The largest absolute Gasteiger partial charge is 1.00 e. The Hall–Kier alpha value is -2.36. The molecule has 1 amide bonds. The molecule has 1 aromatic carbocycles. The molecule has 0 aliphatic rings. The predicted molar refractivity (Wildman–Crippen MR) is 98.6 cm³/mol. The SMILES string of the molecule is COc1ccc(OCC(=O)OCC(C)(C)NC(=O)c2cc[n+](C)cc2)cc1.[I-]. The molecule has 0 atom stereocenters. The number of esters is 1. The van der Waals surface area contributed by atoms with Gasteiger partial charge in [-0.3, -0.25) is 4.79 Å². The second-order valence-electron chi connectivity index (χ2n) is 6.72.